The van der Waals surface area contributed by atoms with Crippen LogP contribution in [-0.2, 0) is 9.53 Å². The number of aliphatic hydroxyl groups is 1. The minimum atomic E-state index is -5.00. The van der Waals surface area contributed by atoms with Crippen molar-refractivity contribution in [3.63, 3.8) is 0 Å². The van der Waals surface area contributed by atoms with Crippen LogP contribution in [0.15, 0.2) is 71.6 Å². The lowest BCUT2D eigenvalue weighted by Crippen LogP contribution is -2.56. The van der Waals surface area contributed by atoms with Gasteiger partial charge in [0.2, 0.25) is 0 Å². The molecule has 0 fully saturated rings. The van der Waals surface area contributed by atoms with Crippen molar-refractivity contribution in [3.05, 3.63) is 82.7 Å². The molecule has 36 heavy (non-hydrogen) atoms. The number of ketones is 1. The van der Waals surface area contributed by atoms with Crippen molar-refractivity contribution in [2.75, 3.05) is 13.7 Å². The highest BCUT2D eigenvalue weighted by atomic mass is 19.4. The largest absolute Gasteiger partial charge is 0.417 e. The van der Waals surface area contributed by atoms with E-state index in [1.807, 2.05) is 36.4 Å². The molecule has 1 aromatic carbocycles. The summed E-state index contributed by atoms with van der Waals surface area (Å²) < 4.78 is 63.4. The fourth-order valence-electron chi connectivity index (χ4n) is 5.72. The maximum atomic E-state index is 14.7. The van der Waals surface area contributed by atoms with E-state index in [4.69, 9.17) is 4.74 Å². The minimum absolute atomic E-state index is 0.213. The van der Waals surface area contributed by atoms with E-state index in [9.17, 15) is 27.5 Å². The van der Waals surface area contributed by atoms with Crippen molar-refractivity contribution in [1.29, 1.82) is 0 Å². The molecule has 3 aliphatic rings. The van der Waals surface area contributed by atoms with Crippen LogP contribution in [-0.4, -0.2) is 36.4 Å². The third kappa shape index (κ3) is 4.55. The highest BCUT2D eigenvalue weighted by Gasteiger charge is 2.61. The number of allylic oxidation sites excluding steroid dienone is 7. The Morgan fingerprint density at radius 1 is 1.08 bits per heavy atom. The topological polar surface area (TPSA) is 46.5 Å². The first kappa shape index (κ1) is 26.3. The van der Waals surface area contributed by atoms with Gasteiger partial charge in [-0.2, -0.15) is 13.2 Å². The van der Waals surface area contributed by atoms with Crippen molar-refractivity contribution in [2.45, 2.75) is 39.0 Å². The molecule has 0 saturated heterocycles. The summed E-state index contributed by atoms with van der Waals surface area (Å²) in [6.07, 6.45) is 2.82. The predicted octanol–water partition coefficient (Wildman–Crippen LogP) is 6.62. The van der Waals surface area contributed by atoms with Crippen LogP contribution in [0.1, 0.15) is 38.3 Å². The number of halogens is 4. The van der Waals surface area contributed by atoms with Gasteiger partial charge in [-0.3, -0.25) is 4.79 Å². The first-order valence-corrected chi connectivity index (χ1v) is 11.9. The van der Waals surface area contributed by atoms with Crippen LogP contribution in [0.2, 0.25) is 0 Å². The molecule has 0 radical (unpaired) electrons. The molecule has 0 bridgehead atoms. The van der Waals surface area contributed by atoms with Crippen LogP contribution in [0.3, 0.4) is 0 Å². The molecule has 1 aromatic rings. The standard InChI is InChI=1S/C29H30F4O3/c1-17(22-11-18(15-36-4)12-23-21-8-6-5-7-19(21)13-24(22)23)28(35,29(31,32)33)16-27(2,3)25-14-20(30)9-10-26(25)34/h5-14,17,22,25,35H,15-16H2,1-4H3. The fraction of sp³-hybridized carbons (Fsp3) is 0.414. The average Bonchev–Trinajstić information content (AvgIpc) is 3.17. The first-order chi connectivity index (χ1) is 16.8. The van der Waals surface area contributed by atoms with Crippen molar-refractivity contribution >= 4 is 17.4 Å². The number of carbonyl (C=O) groups excluding carboxylic acids is 1. The van der Waals surface area contributed by atoms with Crippen molar-refractivity contribution in [1.82, 2.24) is 0 Å². The minimum Gasteiger partial charge on any atom is -0.380 e. The molecule has 0 aromatic heterocycles. The highest BCUT2D eigenvalue weighted by Crippen LogP contribution is 2.54. The first-order valence-electron chi connectivity index (χ1n) is 11.9. The summed E-state index contributed by atoms with van der Waals surface area (Å²) in [6, 6.07) is 7.57. The number of rotatable bonds is 7. The Bertz CT molecular complexity index is 1220. The van der Waals surface area contributed by atoms with Crippen LogP contribution in [0.25, 0.3) is 11.6 Å². The number of methoxy groups -OCH3 is 1. The van der Waals surface area contributed by atoms with Crippen LogP contribution in [0.4, 0.5) is 17.6 Å². The molecule has 192 valence electrons. The molecule has 4 unspecified atom stereocenters. The molecule has 0 saturated carbocycles. The van der Waals surface area contributed by atoms with Crippen molar-refractivity contribution in [2.24, 2.45) is 23.2 Å². The third-order valence-corrected chi connectivity index (χ3v) is 7.66. The van der Waals surface area contributed by atoms with E-state index < -0.39 is 53.0 Å². The Kier molecular flexibility index (Phi) is 6.77. The zero-order valence-electron chi connectivity index (χ0n) is 20.7. The second-order valence-electron chi connectivity index (χ2n) is 10.6. The zero-order chi connectivity index (χ0) is 26.5. The molecular formula is C29H30F4O3. The second-order valence-corrected chi connectivity index (χ2v) is 10.6. The lowest BCUT2D eigenvalue weighted by atomic mass is 9.62. The molecule has 1 N–H and O–H groups in total. The van der Waals surface area contributed by atoms with Gasteiger partial charge in [-0.1, -0.05) is 51.1 Å². The summed E-state index contributed by atoms with van der Waals surface area (Å²) >= 11 is 0. The van der Waals surface area contributed by atoms with E-state index >= 15 is 0 Å². The zero-order valence-corrected chi connectivity index (χ0v) is 20.7. The fourth-order valence-corrected chi connectivity index (χ4v) is 5.72. The Morgan fingerprint density at radius 3 is 2.44 bits per heavy atom. The Balaban J connectivity index is 1.76. The Labute approximate surface area is 208 Å². The number of benzene rings is 1. The summed E-state index contributed by atoms with van der Waals surface area (Å²) in [7, 11) is 1.52. The van der Waals surface area contributed by atoms with E-state index in [2.05, 4.69) is 0 Å². The molecule has 4 atom stereocenters. The van der Waals surface area contributed by atoms with Gasteiger partial charge in [-0.25, -0.2) is 4.39 Å². The summed E-state index contributed by atoms with van der Waals surface area (Å²) in [5, 5.41) is 11.5. The van der Waals surface area contributed by atoms with E-state index in [0.29, 0.717) is 5.57 Å². The number of hydrogen-bond donors (Lipinski definition) is 1. The van der Waals surface area contributed by atoms with Crippen LogP contribution in [0.5, 0.6) is 0 Å². The molecule has 4 rings (SSSR count). The van der Waals surface area contributed by atoms with Gasteiger partial charge in [0.1, 0.15) is 5.83 Å². The molecule has 7 heteroatoms. The maximum Gasteiger partial charge on any atom is 0.417 e. The van der Waals surface area contributed by atoms with E-state index in [0.717, 1.165) is 40.5 Å². The molecule has 0 aliphatic heterocycles. The second kappa shape index (κ2) is 9.27. The van der Waals surface area contributed by atoms with Gasteiger partial charge in [-0.15, -0.1) is 0 Å². The smallest absolute Gasteiger partial charge is 0.380 e. The van der Waals surface area contributed by atoms with Crippen LogP contribution in [0, 0.1) is 23.2 Å². The van der Waals surface area contributed by atoms with Gasteiger partial charge in [0.05, 0.1) is 6.61 Å². The van der Waals surface area contributed by atoms with Crippen molar-refractivity contribution < 1.29 is 32.2 Å². The van der Waals surface area contributed by atoms with Gasteiger partial charge in [0, 0.05) is 24.9 Å². The molecule has 0 spiro atoms. The predicted molar refractivity (Wildman–Crippen MR) is 131 cm³/mol. The van der Waals surface area contributed by atoms with Gasteiger partial charge in [-0.05, 0) is 70.1 Å². The van der Waals surface area contributed by atoms with Gasteiger partial charge in [0.15, 0.2) is 11.4 Å². The lowest BCUT2D eigenvalue weighted by molar-refractivity contribution is -0.291. The van der Waals surface area contributed by atoms with E-state index in [-0.39, 0.29) is 6.61 Å². The molecule has 3 aliphatic carbocycles. The van der Waals surface area contributed by atoms with E-state index in [1.54, 1.807) is 6.08 Å². The monoisotopic (exact) mass is 502 g/mol. The summed E-state index contributed by atoms with van der Waals surface area (Å²) in [5.74, 6) is -4.37. The number of hydrogen-bond acceptors (Lipinski definition) is 3. The number of alkyl halides is 3. The number of fused-ring (bicyclic) bond motifs is 3. The maximum absolute atomic E-state index is 14.7. The van der Waals surface area contributed by atoms with Crippen LogP contribution < -0.4 is 0 Å². The summed E-state index contributed by atoms with van der Waals surface area (Å²) in [4.78, 5) is 12.5. The quantitative estimate of drug-likeness (QED) is 0.426. The number of ether oxygens (including phenoxy) is 1. The summed E-state index contributed by atoms with van der Waals surface area (Å²) in [6.45, 7) is 4.53. The van der Waals surface area contributed by atoms with Gasteiger partial charge < -0.3 is 9.84 Å². The molecular weight excluding hydrogens is 472 g/mol. The van der Waals surface area contributed by atoms with Gasteiger partial charge >= 0.3 is 6.18 Å². The Morgan fingerprint density at radius 2 is 1.78 bits per heavy atom. The number of carbonyl (C=O) groups is 1. The molecule has 0 amide bonds. The lowest BCUT2D eigenvalue weighted by Gasteiger charge is -2.46. The van der Waals surface area contributed by atoms with E-state index in [1.165, 1.54) is 27.9 Å². The van der Waals surface area contributed by atoms with Crippen LogP contribution >= 0.6 is 0 Å². The highest BCUT2D eigenvalue weighted by molar-refractivity contribution is 5.97. The van der Waals surface area contributed by atoms with Gasteiger partial charge in [0.25, 0.3) is 0 Å². The Hall–Kier alpha value is -2.77. The third-order valence-electron chi connectivity index (χ3n) is 7.66. The van der Waals surface area contributed by atoms with Crippen molar-refractivity contribution in [3.8, 4) is 0 Å². The average molecular weight is 503 g/mol. The molecule has 0 heterocycles. The normalized spacial score (nSPS) is 24.2. The molecule has 3 nitrogen and oxygen atoms in total. The summed E-state index contributed by atoms with van der Waals surface area (Å²) in [5.41, 5.74) is -0.470. The SMILES string of the molecule is COCC1=CC(C(C)C(O)(CC(C)(C)C2C=C(F)C=CC2=O)C(F)(F)F)C2=Cc3ccccc3C2=C1.